The van der Waals surface area contributed by atoms with Gasteiger partial charge in [-0.05, 0) is 54.3 Å². The summed E-state index contributed by atoms with van der Waals surface area (Å²) in [6, 6.07) is 12.0. The Kier molecular flexibility index (Phi) is 4.22. The molecule has 0 spiro atoms. The van der Waals surface area contributed by atoms with E-state index in [9.17, 15) is 18.0 Å². The number of hydrogen-bond donors (Lipinski definition) is 1. The van der Waals surface area contributed by atoms with Crippen molar-refractivity contribution in [1.82, 2.24) is 0 Å². The van der Waals surface area contributed by atoms with Crippen LogP contribution in [0.15, 0.2) is 48.5 Å². The molecule has 1 N–H and O–H groups in total. The second kappa shape index (κ2) is 6.19. The van der Waals surface area contributed by atoms with Crippen LogP contribution in [0.3, 0.4) is 0 Å². The third-order valence-electron chi connectivity index (χ3n) is 4.15. The smallest absolute Gasteiger partial charge is 0.416 e. The van der Waals surface area contributed by atoms with E-state index in [-0.39, 0.29) is 17.7 Å². The average molecular weight is 335 g/mol. The van der Waals surface area contributed by atoms with Crippen molar-refractivity contribution in [3.63, 3.8) is 0 Å². The topological polar surface area (TPSA) is 38.3 Å². The first-order valence-electron chi connectivity index (χ1n) is 7.50. The molecule has 6 heteroatoms. The summed E-state index contributed by atoms with van der Waals surface area (Å²) in [6.45, 7) is 0. The quantitative estimate of drug-likeness (QED) is 0.896. The molecule has 0 bridgehead atoms. The lowest BCUT2D eigenvalue weighted by atomic mass is 10.1. The normalized spacial score (nSPS) is 19.7. The molecule has 3 nitrogen and oxygen atoms in total. The van der Waals surface area contributed by atoms with Gasteiger partial charge in [0.2, 0.25) is 5.91 Å². The van der Waals surface area contributed by atoms with E-state index in [2.05, 4.69) is 5.32 Å². The number of amides is 1. The predicted octanol–water partition coefficient (Wildman–Crippen LogP) is 4.46. The summed E-state index contributed by atoms with van der Waals surface area (Å²) in [6.07, 6.45) is -3.69. The number of benzene rings is 2. The predicted molar refractivity (Wildman–Crippen MR) is 83.9 cm³/mol. The summed E-state index contributed by atoms with van der Waals surface area (Å²) in [4.78, 5) is 12.2. The standard InChI is InChI=1S/C18H16F3NO2/c1-24-14-8-6-13(7-9-14)22-17(23)16-10-15(16)11-2-4-12(5-3-11)18(19,20)21/h2-9,15-16H,10H2,1H3,(H,22,23). The number of ether oxygens (including phenoxy) is 1. The van der Waals surface area contributed by atoms with Crippen molar-refractivity contribution >= 4 is 11.6 Å². The Morgan fingerprint density at radius 1 is 1.08 bits per heavy atom. The lowest BCUT2D eigenvalue weighted by Gasteiger charge is -2.08. The van der Waals surface area contributed by atoms with Gasteiger partial charge in [0.25, 0.3) is 0 Å². The molecule has 2 atom stereocenters. The minimum atomic E-state index is -4.34. The van der Waals surface area contributed by atoms with Gasteiger partial charge in [-0.25, -0.2) is 0 Å². The molecule has 3 rings (SSSR count). The minimum Gasteiger partial charge on any atom is -0.497 e. The molecule has 0 saturated heterocycles. The van der Waals surface area contributed by atoms with Crippen molar-refractivity contribution < 1.29 is 22.7 Å². The monoisotopic (exact) mass is 335 g/mol. The molecular weight excluding hydrogens is 319 g/mol. The van der Waals surface area contributed by atoms with Crippen molar-refractivity contribution in [2.45, 2.75) is 18.5 Å². The van der Waals surface area contributed by atoms with E-state index in [1.54, 1.807) is 31.4 Å². The first-order chi connectivity index (χ1) is 11.4. The van der Waals surface area contributed by atoms with E-state index in [1.807, 2.05) is 0 Å². The fourth-order valence-electron chi connectivity index (χ4n) is 2.68. The SMILES string of the molecule is COc1ccc(NC(=O)C2CC2c2ccc(C(F)(F)F)cc2)cc1. The number of halogens is 3. The second-order valence-corrected chi connectivity index (χ2v) is 5.79. The van der Waals surface area contributed by atoms with Gasteiger partial charge in [0.1, 0.15) is 5.75 Å². The van der Waals surface area contributed by atoms with Gasteiger partial charge in [0, 0.05) is 11.6 Å². The fourth-order valence-corrected chi connectivity index (χ4v) is 2.68. The molecule has 1 fully saturated rings. The Balaban J connectivity index is 1.60. The fraction of sp³-hybridized carbons (Fsp3) is 0.278. The Hall–Kier alpha value is -2.50. The number of anilines is 1. The summed E-state index contributed by atoms with van der Waals surface area (Å²) in [5, 5.41) is 2.82. The van der Waals surface area contributed by atoms with Gasteiger partial charge in [-0.15, -0.1) is 0 Å². The molecule has 2 unspecified atom stereocenters. The Morgan fingerprint density at radius 3 is 2.25 bits per heavy atom. The van der Waals surface area contributed by atoms with E-state index in [0.717, 1.165) is 17.7 Å². The molecule has 2 aromatic rings. The van der Waals surface area contributed by atoms with Crippen LogP contribution in [0.4, 0.5) is 18.9 Å². The summed E-state index contributed by atoms with van der Waals surface area (Å²) in [7, 11) is 1.56. The summed E-state index contributed by atoms with van der Waals surface area (Å²) in [5.74, 6) is 0.349. The minimum absolute atomic E-state index is 0.0227. The Labute approximate surface area is 137 Å². The zero-order valence-electron chi connectivity index (χ0n) is 12.9. The van der Waals surface area contributed by atoms with E-state index in [4.69, 9.17) is 4.74 Å². The van der Waals surface area contributed by atoms with E-state index in [0.29, 0.717) is 17.9 Å². The molecule has 0 radical (unpaired) electrons. The van der Waals surface area contributed by atoms with E-state index in [1.165, 1.54) is 12.1 Å². The number of nitrogens with one attached hydrogen (secondary N) is 1. The maximum absolute atomic E-state index is 12.6. The van der Waals surface area contributed by atoms with Crippen LogP contribution in [0.2, 0.25) is 0 Å². The van der Waals surface area contributed by atoms with Crippen LogP contribution in [0.5, 0.6) is 5.75 Å². The third kappa shape index (κ3) is 3.53. The lowest BCUT2D eigenvalue weighted by molar-refractivity contribution is -0.137. The van der Waals surface area contributed by atoms with Crippen LogP contribution >= 0.6 is 0 Å². The average Bonchev–Trinajstić information content (AvgIpc) is 3.36. The highest BCUT2D eigenvalue weighted by Gasteiger charge is 2.44. The number of rotatable bonds is 4. The van der Waals surface area contributed by atoms with Gasteiger partial charge in [-0.2, -0.15) is 13.2 Å². The van der Waals surface area contributed by atoms with Gasteiger partial charge < -0.3 is 10.1 Å². The van der Waals surface area contributed by atoms with Crippen LogP contribution in [0, 0.1) is 5.92 Å². The largest absolute Gasteiger partial charge is 0.497 e. The molecule has 1 aliphatic rings. The molecule has 0 heterocycles. The van der Waals surface area contributed by atoms with Gasteiger partial charge in [0.15, 0.2) is 0 Å². The number of alkyl halides is 3. The summed E-state index contributed by atoms with van der Waals surface area (Å²) in [5.41, 5.74) is 0.753. The number of hydrogen-bond acceptors (Lipinski definition) is 2. The van der Waals surface area contributed by atoms with Crippen molar-refractivity contribution in [3.8, 4) is 5.75 Å². The van der Waals surface area contributed by atoms with Crippen molar-refractivity contribution in [1.29, 1.82) is 0 Å². The molecule has 2 aromatic carbocycles. The zero-order chi connectivity index (χ0) is 17.3. The molecule has 24 heavy (non-hydrogen) atoms. The summed E-state index contributed by atoms with van der Waals surface area (Å²) < 4.78 is 42.7. The second-order valence-electron chi connectivity index (χ2n) is 5.79. The maximum atomic E-state index is 12.6. The molecule has 126 valence electrons. The van der Waals surface area contributed by atoms with Crippen LogP contribution in [-0.2, 0) is 11.0 Å². The highest BCUT2D eigenvalue weighted by Crippen LogP contribution is 2.48. The highest BCUT2D eigenvalue weighted by molar-refractivity contribution is 5.95. The van der Waals surface area contributed by atoms with Gasteiger partial charge in [-0.1, -0.05) is 12.1 Å². The molecule has 1 saturated carbocycles. The number of carbonyl (C=O) groups is 1. The molecular formula is C18H16F3NO2. The van der Waals surface area contributed by atoms with Gasteiger partial charge in [0.05, 0.1) is 12.7 Å². The maximum Gasteiger partial charge on any atom is 0.416 e. The van der Waals surface area contributed by atoms with Gasteiger partial charge in [-0.3, -0.25) is 4.79 Å². The number of methoxy groups -OCH3 is 1. The molecule has 1 amide bonds. The Bertz CT molecular complexity index is 723. The van der Waals surface area contributed by atoms with Crippen LogP contribution in [0.25, 0.3) is 0 Å². The highest BCUT2D eigenvalue weighted by atomic mass is 19.4. The summed E-state index contributed by atoms with van der Waals surface area (Å²) >= 11 is 0. The van der Waals surface area contributed by atoms with Crippen molar-refractivity contribution in [2.75, 3.05) is 12.4 Å². The lowest BCUT2D eigenvalue weighted by Crippen LogP contribution is -2.14. The van der Waals surface area contributed by atoms with Crippen molar-refractivity contribution in [3.05, 3.63) is 59.7 Å². The molecule has 0 aliphatic heterocycles. The van der Waals surface area contributed by atoms with E-state index < -0.39 is 11.7 Å². The van der Waals surface area contributed by atoms with Crippen molar-refractivity contribution in [2.24, 2.45) is 5.92 Å². The zero-order valence-corrected chi connectivity index (χ0v) is 12.9. The first kappa shape index (κ1) is 16.4. The first-order valence-corrected chi connectivity index (χ1v) is 7.50. The third-order valence-corrected chi connectivity index (χ3v) is 4.15. The van der Waals surface area contributed by atoms with Gasteiger partial charge >= 0.3 is 6.18 Å². The van der Waals surface area contributed by atoms with E-state index >= 15 is 0 Å². The number of carbonyl (C=O) groups excluding carboxylic acids is 1. The van der Waals surface area contributed by atoms with Crippen LogP contribution in [-0.4, -0.2) is 13.0 Å². The molecule has 0 aromatic heterocycles. The van der Waals surface area contributed by atoms with Crippen LogP contribution < -0.4 is 10.1 Å². The molecule has 1 aliphatic carbocycles. The van der Waals surface area contributed by atoms with Crippen LogP contribution in [0.1, 0.15) is 23.5 Å². The Morgan fingerprint density at radius 2 is 1.71 bits per heavy atom.